The zero-order valence-corrected chi connectivity index (χ0v) is 15.7. The van der Waals surface area contributed by atoms with E-state index in [-0.39, 0.29) is 11.3 Å². The second-order valence-electron chi connectivity index (χ2n) is 7.68. The third kappa shape index (κ3) is 4.20. The maximum Gasteiger partial charge on any atom is 0.257 e. The monoisotopic (exact) mass is 370 g/mol. The molecule has 0 atom stereocenters. The van der Waals surface area contributed by atoms with Gasteiger partial charge in [0.1, 0.15) is 0 Å². The summed E-state index contributed by atoms with van der Waals surface area (Å²) in [6.45, 7) is 3.20. The first kappa shape index (κ1) is 18.1. The molecule has 7 heteroatoms. The van der Waals surface area contributed by atoms with Gasteiger partial charge in [0.25, 0.3) is 11.8 Å². The summed E-state index contributed by atoms with van der Waals surface area (Å²) >= 11 is 0. The molecule has 2 fully saturated rings. The molecule has 2 aromatic rings. The minimum absolute atomic E-state index is 0.0125. The van der Waals surface area contributed by atoms with Crippen LogP contribution in [0.4, 0.5) is 0 Å². The summed E-state index contributed by atoms with van der Waals surface area (Å²) in [5.41, 5.74) is 1.47. The quantitative estimate of drug-likeness (QED) is 0.778. The van der Waals surface area contributed by atoms with Crippen molar-refractivity contribution in [3.05, 3.63) is 35.7 Å². The van der Waals surface area contributed by atoms with E-state index in [1.165, 1.54) is 0 Å². The summed E-state index contributed by atoms with van der Waals surface area (Å²) in [6.07, 6.45) is 4.28. The highest BCUT2D eigenvalue weighted by molar-refractivity contribution is 5.94. The molecule has 1 aliphatic heterocycles. The molecule has 0 bridgehead atoms. The van der Waals surface area contributed by atoms with E-state index < -0.39 is 0 Å². The zero-order chi connectivity index (χ0) is 18.7. The number of rotatable bonds is 7. The van der Waals surface area contributed by atoms with Crippen molar-refractivity contribution in [1.29, 1.82) is 0 Å². The number of carbonyl (C=O) groups is 1. The van der Waals surface area contributed by atoms with Crippen molar-refractivity contribution in [2.24, 2.45) is 5.41 Å². The molecule has 1 aromatic carbocycles. The lowest BCUT2D eigenvalue weighted by Gasteiger charge is -2.37. The Labute approximate surface area is 158 Å². The number of amides is 1. The Morgan fingerprint density at radius 1 is 1.30 bits per heavy atom. The summed E-state index contributed by atoms with van der Waals surface area (Å²) in [7, 11) is 1.72. The molecule has 2 N–H and O–H groups in total. The minimum atomic E-state index is -0.0697. The number of nitrogens with one attached hydrogen (secondary N) is 2. The van der Waals surface area contributed by atoms with Gasteiger partial charge in [0.2, 0.25) is 0 Å². The maximum atomic E-state index is 12.6. The van der Waals surface area contributed by atoms with Gasteiger partial charge in [-0.3, -0.25) is 4.79 Å². The first-order chi connectivity index (χ1) is 13.2. The standard InChI is InChI=1S/C20H26N4O3/c1-26-13-20(8-10-21-11-9-20)12-22-18(25)15-4-6-16(7-5-15)19-23-17(24-27-19)14-2-3-14/h4-7,14,21H,2-3,8-13H2,1H3,(H,22,25). The second kappa shape index (κ2) is 7.78. The van der Waals surface area contributed by atoms with E-state index in [9.17, 15) is 4.79 Å². The van der Waals surface area contributed by atoms with Crippen LogP contribution >= 0.6 is 0 Å². The van der Waals surface area contributed by atoms with Crippen molar-refractivity contribution >= 4 is 5.91 Å². The van der Waals surface area contributed by atoms with Crippen molar-refractivity contribution in [3.8, 4) is 11.5 Å². The van der Waals surface area contributed by atoms with Crippen LogP contribution in [0.5, 0.6) is 0 Å². The number of ether oxygens (including phenoxy) is 1. The van der Waals surface area contributed by atoms with Crippen LogP contribution in [0.25, 0.3) is 11.5 Å². The Morgan fingerprint density at radius 3 is 2.70 bits per heavy atom. The molecule has 1 aromatic heterocycles. The van der Waals surface area contributed by atoms with Crippen LogP contribution < -0.4 is 10.6 Å². The number of aromatic nitrogens is 2. The van der Waals surface area contributed by atoms with E-state index in [2.05, 4.69) is 20.8 Å². The number of carbonyl (C=O) groups excluding carboxylic acids is 1. The zero-order valence-electron chi connectivity index (χ0n) is 15.7. The maximum absolute atomic E-state index is 12.6. The number of hydrogen-bond acceptors (Lipinski definition) is 6. The molecule has 0 radical (unpaired) electrons. The molecule has 4 rings (SSSR count). The van der Waals surface area contributed by atoms with Gasteiger partial charge in [-0.15, -0.1) is 0 Å². The van der Waals surface area contributed by atoms with Crippen LogP contribution in [0.2, 0.25) is 0 Å². The van der Waals surface area contributed by atoms with Crippen molar-refractivity contribution in [2.75, 3.05) is 33.4 Å². The van der Waals surface area contributed by atoms with Crippen LogP contribution in [-0.2, 0) is 4.74 Å². The molecule has 144 valence electrons. The number of benzene rings is 1. The van der Waals surface area contributed by atoms with E-state index in [4.69, 9.17) is 9.26 Å². The average molecular weight is 370 g/mol. The summed E-state index contributed by atoms with van der Waals surface area (Å²) in [5, 5.41) is 10.5. The van der Waals surface area contributed by atoms with Gasteiger partial charge in [0.15, 0.2) is 5.82 Å². The summed E-state index contributed by atoms with van der Waals surface area (Å²) < 4.78 is 10.7. The fraction of sp³-hybridized carbons (Fsp3) is 0.550. The normalized spacial score (nSPS) is 19.0. The Hall–Kier alpha value is -2.25. The minimum Gasteiger partial charge on any atom is -0.384 e. The number of methoxy groups -OCH3 is 1. The lowest BCUT2D eigenvalue weighted by Crippen LogP contribution is -2.47. The number of hydrogen-bond donors (Lipinski definition) is 2. The van der Waals surface area contributed by atoms with Crippen LogP contribution in [0.1, 0.15) is 47.8 Å². The average Bonchev–Trinajstić information content (AvgIpc) is 3.44. The van der Waals surface area contributed by atoms with Gasteiger partial charge in [0.05, 0.1) is 6.61 Å². The van der Waals surface area contributed by atoms with Crippen molar-refractivity contribution in [2.45, 2.75) is 31.6 Å². The van der Waals surface area contributed by atoms with E-state index in [1.54, 1.807) is 19.2 Å². The van der Waals surface area contributed by atoms with Gasteiger partial charge in [-0.2, -0.15) is 4.98 Å². The van der Waals surface area contributed by atoms with Gasteiger partial charge < -0.3 is 19.9 Å². The predicted octanol–water partition coefficient (Wildman–Crippen LogP) is 2.36. The molecule has 1 saturated carbocycles. The third-order valence-corrected chi connectivity index (χ3v) is 5.52. The van der Waals surface area contributed by atoms with Crippen molar-refractivity contribution in [1.82, 2.24) is 20.8 Å². The molecule has 1 amide bonds. The van der Waals surface area contributed by atoms with Crippen molar-refractivity contribution < 1.29 is 14.1 Å². The molecular formula is C20H26N4O3. The van der Waals surface area contributed by atoms with Crippen LogP contribution in [-0.4, -0.2) is 49.4 Å². The molecule has 0 spiro atoms. The molecule has 7 nitrogen and oxygen atoms in total. The third-order valence-electron chi connectivity index (χ3n) is 5.52. The van der Waals surface area contributed by atoms with Gasteiger partial charge in [0, 0.05) is 36.1 Å². The van der Waals surface area contributed by atoms with Crippen LogP contribution in [0.3, 0.4) is 0 Å². The predicted molar refractivity (Wildman–Crippen MR) is 100 cm³/mol. The Kier molecular flexibility index (Phi) is 5.22. The summed E-state index contributed by atoms with van der Waals surface area (Å²) in [6, 6.07) is 7.32. The van der Waals surface area contributed by atoms with E-state index in [0.717, 1.165) is 50.2 Å². The molecular weight excluding hydrogens is 344 g/mol. The molecule has 27 heavy (non-hydrogen) atoms. The summed E-state index contributed by atoms with van der Waals surface area (Å²) in [4.78, 5) is 17.0. The lowest BCUT2D eigenvalue weighted by atomic mass is 9.79. The SMILES string of the molecule is COCC1(CNC(=O)c2ccc(-c3nc(C4CC4)no3)cc2)CCNCC1. The first-order valence-corrected chi connectivity index (χ1v) is 9.61. The fourth-order valence-electron chi connectivity index (χ4n) is 3.63. The lowest BCUT2D eigenvalue weighted by molar-refractivity contribution is 0.0512. The number of nitrogens with zero attached hydrogens (tertiary/aromatic N) is 2. The highest BCUT2D eigenvalue weighted by Crippen LogP contribution is 2.38. The van der Waals surface area contributed by atoms with E-state index in [0.29, 0.717) is 30.5 Å². The Balaban J connectivity index is 1.38. The van der Waals surface area contributed by atoms with E-state index in [1.807, 2.05) is 12.1 Å². The van der Waals surface area contributed by atoms with Gasteiger partial charge in [-0.1, -0.05) is 5.16 Å². The smallest absolute Gasteiger partial charge is 0.257 e. The molecule has 2 heterocycles. The first-order valence-electron chi connectivity index (χ1n) is 9.61. The largest absolute Gasteiger partial charge is 0.384 e. The fourth-order valence-corrected chi connectivity index (χ4v) is 3.63. The summed E-state index contributed by atoms with van der Waals surface area (Å²) in [5.74, 6) is 1.69. The van der Waals surface area contributed by atoms with Gasteiger partial charge >= 0.3 is 0 Å². The second-order valence-corrected chi connectivity index (χ2v) is 7.68. The van der Waals surface area contributed by atoms with Crippen LogP contribution in [0.15, 0.2) is 28.8 Å². The number of piperidine rings is 1. The molecule has 1 saturated heterocycles. The van der Waals surface area contributed by atoms with Gasteiger partial charge in [-0.05, 0) is 63.0 Å². The van der Waals surface area contributed by atoms with Crippen LogP contribution in [0, 0.1) is 5.41 Å². The Bertz CT molecular complexity index is 771. The van der Waals surface area contributed by atoms with Gasteiger partial charge in [-0.25, -0.2) is 0 Å². The molecule has 1 aliphatic carbocycles. The van der Waals surface area contributed by atoms with Crippen molar-refractivity contribution in [3.63, 3.8) is 0 Å². The van der Waals surface area contributed by atoms with E-state index >= 15 is 0 Å². The highest BCUT2D eigenvalue weighted by atomic mass is 16.5. The topological polar surface area (TPSA) is 89.3 Å². The molecule has 0 unspecified atom stereocenters. The highest BCUT2D eigenvalue weighted by Gasteiger charge is 2.32. The molecule has 2 aliphatic rings. The Morgan fingerprint density at radius 2 is 2.04 bits per heavy atom.